The topological polar surface area (TPSA) is 116 Å². The van der Waals surface area contributed by atoms with E-state index in [1.807, 2.05) is 0 Å². The van der Waals surface area contributed by atoms with E-state index >= 15 is 0 Å². The van der Waals surface area contributed by atoms with Gasteiger partial charge >= 0.3 is 6.18 Å². The van der Waals surface area contributed by atoms with Crippen LogP contribution in [0.5, 0.6) is 0 Å². The molecule has 0 bridgehead atoms. The Morgan fingerprint density at radius 3 is 2.73 bits per heavy atom. The number of aromatic nitrogens is 2. The third-order valence-electron chi connectivity index (χ3n) is 7.32. The van der Waals surface area contributed by atoms with Crippen molar-refractivity contribution in [1.29, 1.82) is 0 Å². The summed E-state index contributed by atoms with van der Waals surface area (Å²) < 4.78 is 67.5. The van der Waals surface area contributed by atoms with Gasteiger partial charge in [-0.2, -0.15) is 17.4 Å². The maximum Gasteiger partial charge on any atom is 0.416 e. The molecule has 0 amide bonds. The number of nitrogens with two attached hydrogens (primary N) is 1. The maximum atomic E-state index is 14.2. The summed E-state index contributed by atoms with van der Waals surface area (Å²) in [5.41, 5.74) is 6.49. The normalized spacial score (nSPS) is 21.7. The van der Waals surface area contributed by atoms with Gasteiger partial charge < -0.3 is 16.4 Å². The summed E-state index contributed by atoms with van der Waals surface area (Å²) in [4.78, 5) is 8.64. The molecule has 2 aromatic rings. The molecule has 1 unspecified atom stereocenters. The fourth-order valence-corrected chi connectivity index (χ4v) is 8.10. The summed E-state index contributed by atoms with van der Waals surface area (Å²) in [6.45, 7) is 3.74. The van der Waals surface area contributed by atoms with Gasteiger partial charge in [0.1, 0.15) is 5.82 Å². The van der Waals surface area contributed by atoms with E-state index in [1.165, 1.54) is 12.3 Å². The fraction of sp³-hybridized carbons (Fsp3) is 0.583. The van der Waals surface area contributed by atoms with E-state index in [2.05, 4.69) is 20.6 Å². The number of alkyl halides is 3. The van der Waals surface area contributed by atoms with Crippen molar-refractivity contribution >= 4 is 32.6 Å². The number of nitrogens with one attached hydrogen (secondary N) is 2. The van der Waals surface area contributed by atoms with E-state index < -0.39 is 27.3 Å². The largest absolute Gasteiger partial charge is 0.416 e. The van der Waals surface area contributed by atoms with Crippen LogP contribution in [0.3, 0.4) is 0 Å². The van der Waals surface area contributed by atoms with E-state index in [0.29, 0.717) is 55.0 Å². The molecule has 8 nitrogen and oxygen atoms in total. The Bertz CT molecular complexity index is 1210. The zero-order valence-corrected chi connectivity index (χ0v) is 22.5. The minimum absolute atomic E-state index is 0.00453. The van der Waals surface area contributed by atoms with Crippen molar-refractivity contribution in [3.05, 3.63) is 45.9 Å². The van der Waals surface area contributed by atoms with Gasteiger partial charge in [-0.25, -0.2) is 14.3 Å². The molecule has 37 heavy (non-hydrogen) atoms. The summed E-state index contributed by atoms with van der Waals surface area (Å²) in [6, 6.07) is 2.80. The molecule has 1 saturated heterocycles. The smallest absolute Gasteiger partial charge is 0.399 e. The molecule has 1 aromatic carbocycles. The molecular formula is C24H34ClF3N6O2S. The molecule has 0 aliphatic carbocycles. The molecule has 13 heteroatoms. The standard InChI is InChI=1S/C24H34ClF3N6O2S/c1-15(16-11-17(24(26,27)28)13-18(29)12-16)31-22-20-14-34(10-7-21(20)32-23(25)33-22)37(2,35,36)19-5-3-4-8-30-9-6-19/h11-13,15,19,30H,3-10,14,29H2,1-2H3,(H,35,36)(H,31,32,33)/t15-,19?/m1/s1. The third-order valence-corrected chi connectivity index (χ3v) is 11.1. The highest BCUT2D eigenvalue weighted by atomic mass is 35.5. The third kappa shape index (κ3) is 6.19. The highest BCUT2D eigenvalue weighted by molar-refractivity contribution is 8.13. The number of benzene rings is 1. The van der Waals surface area contributed by atoms with Crippen LogP contribution in [0.4, 0.5) is 24.7 Å². The van der Waals surface area contributed by atoms with Crippen molar-refractivity contribution in [3.8, 4) is 0 Å². The zero-order valence-electron chi connectivity index (χ0n) is 20.9. The fourth-order valence-electron chi connectivity index (χ4n) is 5.14. The van der Waals surface area contributed by atoms with Crippen LogP contribution >= 0.6 is 11.6 Å². The van der Waals surface area contributed by atoms with Gasteiger partial charge in [-0.1, -0.05) is 6.42 Å². The average molecular weight is 563 g/mol. The highest BCUT2D eigenvalue weighted by Crippen LogP contribution is 2.40. The summed E-state index contributed by atoms with van der Waals surface area (Å²) >= 11 is 6.17. The Morgan fingerprint density at radius 1 is 1.24 bits per heavy atom. The molecule has 1 fully saturated rings. The lowest BCUT2D eigenvalue weighted by molar-refractivity contribution is -0.137. The number of hydrogen-bond acceptors (Lipinski definition) is 6. The second kappa shape index (κ2) is 10.3. The molecular weight excluding hydrogens is 529 g/mol. The van der Waals surface area contributed by atoms with Gasteiger partial charge in [-0.3, -0.25) is 4.55 Å². The Hall–Kier alpha value is -1.99. The minimum Gasteiger partial charge on any atom is -0.399 e. The summed E-state index contributed by atoms with van der Waals surface area (Å²) in [6.07, 6.45) is 0.399. The van der Waals surface area contributed by atoms with Crippen LogP contribution in [0, 0.1) is 0 Å². The van der Waals surface area contributed by atoms with E-state index in [1.54, 1.807) is 11.2 Å². The molecule has 2 aliphatic heterocycles. The van der Waals surface area contributed by atoms with Crippen molar-refractivity contribution in [2.75, 3.05) is 36.9 Å². The second-order valence-corrected chi connectivity index (χ2v) is 14.2. The van der Waals surface area contributed by atoms with Crippen LogP contribution in [0.2, 0.25) is 5.28 Å². The van der Waals surface area contributed by atoms with E-state index in [9.17, 15) is 21.9 Å². The minimum atomic E-state index is -4.54. The Balaban J connectivity index is 1.63. The van der Waals surface area contributed by atoms with Crippen LogP contribution in [-0.2, 0) is 28.7 Å². The number of fused-ring (bicyclic) bond motifs is 1. The first-order valence-electron chi connectivity index (χ1n) is 12.4. The number of hydrogen-bond donors (Lipinski definition) is 4. The lowest BCUT2D eigenvalue weighted by atomic mass is 10.0. The van der Waals surface area contributed by atoms with Gasteiger partial charge in [0.05, 0.1) is 22.5 Å². The summed E-state index contributed by atoms with van der Waals surface area (Å²) in [5, 5.41) is 6.08. The molecule has 5 N–H and O–H groups in total. The number of nitrogen functional groups attached to an aromatic ring is 1. The van der Waals surface area contributed by atoms with Gasteiger partial charge in [0, 0.05) is 37.0 Å². The number of nitrogens with zero attached hydrogens (tertiary/aromatic N) is 3. The maximum absolute atomic E-state index is 14.2. The first-order valence-corrected chi connectivity index (χ1v) is 15.1. The molecule has 2 atom stereocenters. The summed E-state index contributed by atoms with van der Waals surface area (Å²) in [7, 11) is -4.21. The molecule has 1 aromatic heterocycles. The highest BCUT2D eigenvalue weighted by Gasteiger charge is 2.41. The Labute approximate surface area is 219 Å². The molecule has 0 spiro atoms. The van der Waals surface area contributed by atoms with Crippen molar-refractivity contribution in [1.82, 2.24) is 19.6 Å². The van der Waals surface area contributed by atoms with Crippen molar-refractivity contribution in [3.63, 3.8) is 0 Å². The lowest BCUT2D eigenvalue weighted by Crippen LogP contribution is -2.59. The average Bonchev–Trinajstić information content (AvgIpc) is 2.76. The van der Waals surface area contributed by atoms with Crippen LogP contribution in [0.25, 0.3) is 0 Å². The van der Waals surface area contributed by atoms with Gasteiger partial charge in [-0.05, 0) is 74.6 Å². The predicted molar refractivity (Wildman–Crippen MR) is 141 cm³/mol. The molecule has 0 radical (unpaired) electrons. The molecule has 2 aliphatic rings. The first kappa shape index (κ1) is 28.0. The number of rotatable bonds is 5. The number of halogens is 4. The van der Waals surface area contributed by atoms with Gasteiger partial charge in [0.25, 0.3) is 0 Å². The molecule has 206 valence electrons. The molecule has 4 rings (SSSR count). The quantitative estimate of drug-likeness (QED) is 0.310. The molecule has 0 saturated carbocycles. The van der Waals surface area contributed by atoms with Crippen LogP contribution in [-0.4, -0.2) is 54.2 Å². The van der Waals surface area contributed by atoms with E-state index in [-0.39, 0.29) is 22.8 Å². The van der Waals surface area contributed by atoms with Crippen LogP contribution < -0.4 is 16.4 Å². The number of anilines is 2. The first-order chi connectivity index (χ1) is 17.2. The van der Waals surface area contributed by atoms with Crippen molar-refractivity contribution < 1.29 is 21.9 Å². The van der Waals surface area contributed by atoms with Gasteiger partial charge in [-0.15, -0.1) is 9.53 Å². The van der Waals surface area contributed by atoms with Crippen LogP contribution in [0.1, 0.15) is 61.0 Å². The second-order valence-electron chi connectivity index (χ2n) is 10.1. The lowest BCUT2D eigenvalue weighted by Gasteiger charge is -2.55. The Kier molecular flexibility index (Phi) is 7.80. The van der Waals surface area contributed by atoms with Crippen molar-refractivity contribution in [2.45, 2.75) is 63.0 Å². The van der Waals surface area contributed by atoms with E-state index in [4.69, 9.17) is 17.3 Å². The predicted octanol–water partition coefficient (Wildman–Crippen LogP) is 4.63. The van der Waals surface area contributed by atoms with Crippen LogP contribution in [0.15, 0.2) is 18.2 Å². The zero-order chi connectivity index (χ0) is 27.0. The molecule has 3 heterocycles. The SMILES string of the molecule is C[C@@H](Nc1nc(Cl)nc2c1CN(S(C)(=O)(O)C1CCCCNCC1)CC2)c1cc(N)cc(C(F)(F)F)c1. The van der Waals surface area contributed by atoms with Gasteiger partial charge in [0.2, 0.25) is 5.28 Å². The van der Waals surface area contributed by atoms with Crippen molar-refractivity contribution in [2.24, 2.45) is 0 Å². The summed E-state index contributed by atoms with van der Waals surface area (Å²) in [5.74, 6) is 0.325. The van der Waals surface area contributed by atoms with Gasteiger partial charge in [0.15, 0.2) is 0 Å². The monoisotopic (exact) mass is 562 g/mol. The Morgan fingerprint density at radius 2 is 2.00 bits per heavy atom. The van der Waals surface area contributed by atoms with E-state index in [0.717, 1.165) is 31.5 Å².